The second-order valence-corrected chi connectivity index (χ2v) is 6.28. The fraction of sp³-hybridized carbons (Fsp3) is 0.500. The zero-order valence-corrected chi connectivity index (χ0v) is 15.6. The first kappa shape index (κ1) is 21.6. The third-order valence-electron chi connectivity index (χ3n) is 4.16. The number of carbonyl (C=O) groups excluding carboxylic acids is 3. The third-order valence-corrected chi connectivity index (χ3v) is 4.16. The summed E-state index contributed by atoms with van der Waals surface area (Å²) < 4.78 is 15.1. The van der Waals surface area contributed by atoms with Crippen LogP contribution in [-0.2, 0) is 30.4 Å². The van der Waals surface area contributed by atoms with Gasteiger partial charge < -0.3 is 29.7 Å². The van der Waals surface area contributed by atoms with Crippen molar-refractivity contribution in [1.82, 2.24) is 10.2 Å². The van der Waals surface area contributed by atoms with E-state index in [1.807, 2.05) is 6.07 Å². The quantitative estimate of drug-likeness (QED) is 0.519. The number of hydrogen-bond donors (Lipinski definition) is 3. The third kappa shape index (κ3) is 5.91. The molecule has 2 rings (SSSR count). The van der Waals surface area contributed by atoms with Crippen molar-refractivity contribution in [3.63, 3.8) is 0 Å². The van der Waals surface area contributed by atoms with Crippen LogP contribution in [0.3, 0.4) is 0 Å². The van der Waals surface area contributed by atoms with Gasteiger partial charge in [-0.15, -0.1) is 0 Å². The predicted octanol–water partition coefficient (Wildman–Crippen LogP) is -0.619. The Labute approximate surface area is 162 Å². The Kier molecular flexibility index (Phi) is 7.73. The first-order chi connectivity index (χ1) is 13.3. The standard InChI is InChI=1S/C18H24N2O8/c1-11(21)19-15-13(28-17(24)16(15)23)8-20(9-14(22)26-2)18(25)27-10-12-6-4-3-5-7-12/h3-7,13,15-17,23-24H,8-10H2,1-2H3,(H,19,21)/t13-,15+,16-,17?/m1/s1. The van der Waals surface area contributed by atoms with E-state index >= 15 is 0 Å². The van der Waals surface area contributed by atoms with Gasteiger partial charge in [-0.3, -0.25) is 14.5 Å². The lowest BCUT2D eigenvalue weighted by Crippen LogP contribution is -2.51. The maximum atomic E-state index is 12.5. The van der Waals surface area contributed by atoms with Crippen molar-refractivity contribution in [2.24, 2.45) is 0 Å². The van der Waals surface area contributed by atoms with Crippen LogP contribution in [0.4, 0.5) is 4.79 Å². The van der Waals surface area contributed by atoms with E-state index in [4.69, 9.17) is 9.47 Å². The minimum absolute atomic E-state index is 0.0107. The summed E-state index contributed by atoms with van der Waals surface area (Å²) in [4.78, 5) is 36.5. The number of amides is 2. The van der Waals surface area contributed by atoms with Crippen LogP contribution in [0.25, 0.3) is 0 Å². The fourth-order valence-corrected chi connectivity index (χ4v) is 2.76. The first-order valence-corrected chi connectivity index (χ1v) is 8.63. The maximum Gasteiger partial charge on any atom is 0.410 e. The molecule has 0 bridgehead atoms. The number of benzene rings is 1. The van der Waals surface area contributed by atoms with Gasteiger partial charge in [0.05, 0.1) is 19.7 Å². The highest BCUT2D eigenvalue weighted by Crippen LogP contribution is 2.21. The highest BCUT2D eigenvalue weighted by Gasteiger charge is 2.44. The van der Waals surface area contributed by atoms with E-state index in [2.05, 4.69) is 10.1 Å². The molecule has 1 heterocycles. The van der Waals surface area contributed by atoms with Gasteiger partial charge in [0.2, 0.25) is 5.91 Å². The summed E-state index contributed by atoms with van der Waals surface area (Å²) in [6.45, 7) is 0.586. The Bertz CT molecular complexity index is 683. The van der Waals surface area contributed by atoms with Gasteiger partial charge in [0.25, 0.3) is 0 Å². The molecule has 4 atom stereocenters. The van der Waals surface area contributed by atoms with E-state index in [1.54, 1.807) is 24.3 Å². The van der Waals surface area contributed by atoms with Crippen LogP contribution >= 0.6 is 0 Å². The van der Waals surface area contributed by atoms with Crippen LogP contribution in [0.2, 0.25) is 0 Å². The van der Waals surface area contributed by atoms with Crippen LogP contribution < -0.4 is 5.32 Å². The van der Waals surface area contributed by atoms with Gasteiger partial charge >= 0.3 is 12.1 Å². The lowest BCUT2D eigenvalue weighted by molar-refractivity contribution is -0.143. The van der Waals surface area contributed by atoms with E-state index < -0.39 is 49.1 Å². The molecule has 1 aliphatic rings. The van der Waals surface area contributed by atoms with Gasteiger partial charge in [-0.05, 0) is 5.56 Å². The molecule has 0 radical (unpaired) electrons. The molecule has 1 aromatic carbocycles. The summed E-state index contributed by atoms with van der Waals surface area (Å²) in [5.41, 5.74) is 0.757. The van der Waals surface area contributed by atoms with E-state index in [9.17, 15) is 24.6 Å². The van der Waals surface area contributed by atoms with E-state index in [1.165, 1.54) is 14.0 Å². The lowest BCUT2D eigenvalue weighted by atomic mass is 10.1. The average molecular weight is 396 g/mol. The monoisotopic (exact) mass is 396 g/mol. The number of methoxy groups -OCH3 is 1. The van der Waals surface area contributed by atoms with Crippen molar-refractivity contribution in [1.29, 1.82) is 0 Å². The summed E-state index contributed by atoms with van der Waals surface area (Å²) in [6, 6.07) is 8.00. The van der Waals surface area contributed by atoms with E-state index in [0.717, 1.165) is 10.5 Å². The van der Waals surface area contributed by atoms with Gasteiger partial charge in [-0.2, -0.15) is 0 Å². The number of aliphatic hydroxyl groups is 2. The molecule has 1 fully saturated rings. The number of esters is 1. The molecule has 1 aromatic rings. The average Bonchev–Trinajstić information content (AvgIpc) is 2.93. The molecule has 2 amide bonds. The molecule has 0 saturated carbocycles. The minimum atomic E-state index is -1.54. The fourth-order valence-electron chi connectivity index (χ4n) is 2.76. The van der Waals surface area contributed by atoms with E-state index in [0.29, 0.717) is 0 Å². The van der Waals surface area contributed by atoms with Crippen molar-refractivity contribution < 1.29 is 38.8 Å². The van der Waals surface area contributed by atoms with Gasteiger partial charge in [0.1, 0.15) is 25.4 Å². The largest absolute Gasteiger partial charge is 0.468 e. The Hall–Kier alpha value is -2.69. The Morgan fingerprint density at radius 2 is 1.89 bits per heavy atom. The number of hydrogen-bond acceptors (Lipinski definition) is 8. The second-order valence-electron chi connectivity index (χ2n) is 6.28. The van der Waals surface area contributed by atoms with Crippen molar-refractivity contribution in [2.45, 2.75) is 38.1 Å². The predicted molar refractivity (Wildman–Crippen MR) is 94.7 cm³/mol. The zero-order valence-electron chi connectivity index (χ0n) is 15.6. The topological polar surface area (TPSA) is 135 Å². The van der Waals surface area contributed by atoms with Crippen molar-refractivity contribution in [3.8, 4) is 0 Å². The molecule has 28 heavy (non-hydrogen) atoms. The van der Waals surface area contributed by atoms with Gasteiger partial charge in [0, 0.05) is 6.92 Å². The van der Waals surface area contributed by atoms with Crippen LogP contribution in [-0.4, -0.2) is 77.8 Å². The summed E-state index contributed by atoms with van der Waals surface area (Å²) in [5.74, 6) is -1.13. The molecule has 10 nitrogen and oxygen atoms in total. The normalized spacial score (nSPS) is 23.7. The number of rotatable bonds is 7. The molecule has 3 N–H and O–H groups in total. The summed E-state index contributed by atoms with van der Waals surface area (Å²) in [7, 11) is 1.18. The highest BCUT2D eigenvalue weighted by molar-refractivity contribution is 5.78. The van der Waals surface area contributed by atoms with E-state index in [-0.39, 0.29) is 13.2 Å². The minimum Gasteiger partial charge on any atom is -0.468 e. The number of nitrogens with one attached hydrogen (secondary N) is 1. The molecule has 1 aliphatic heterocycles. The molecule has 154 valence electrons. The SMILES string of the molecule is COC(=O)CN(C[C@H]1OC(O)[C@H](O)[C@H]1NC(C)=O)C(=O)OCc1ccccc1. The smallest absolute Gasteiger partial charge is 0.410 e. The molecular weight excluding hydrogens is 372 g/mol. The van der Waals surface area contributed by atoms with Crippen LogP contribution in [0.1, 0.15) is 12.5 Å². The summed E-state index contributed by atoms with van der Waals surface area (Å²) >= 11 is 0. The molecule has 0 aliphatic carbocycles. The number of aliphatic hydroxyl groups excluding tert-OH is 2. The molecule has 0 aromatic heterocycles. The Morgan fingerprint density at radius 3 is 2.50 bits per heavy atom. The zero-order chi connectivity index (χ0) is 20.7. The number of carbonyl (C=O) groups is 3. The van der Waals surface area contributed by atoms with Crippen LogP contribution in [0.5, 0.6) is 0 Å². The molecule has 1 saturated heterocycles. The first-order valence-electron chi connectivity index (χ1n) is 8.63. The Morgan fingerprint density at radius 1 is 1.21 bits per heavy atom. The van der Waals surface area contributed by atoms with Crippen molar-refractivity contribution in [2.75, 3.05) is 20.2 Å². The molecule has 0 spiro atoms. The van der Waals surface area contributed by atoms with Crippen molar-refractivity contribution >= 4 is 18.0 Å². The van der Waals surface area contributed by atoms with Crippen LogP contribution in [0, 0.1) is 0 Å². The van der Waals surface area contributed by atoms with Gasteiger partial charge in [0.15, 0.2) is 6.29 Å². The maximum absolute atomic E-state index is 12.5. The summed E-state index contributed by atoms with van der Waals surface area (Å²) in [6.07, 6.45) is -4.69. The molecular formula is C18H24N2O8. The van der Waals surface area contributed by atoms with Gasteiger partial charge in [-0.25, -0.2) is 4.79 Å². The molecule has 10 heteroatoms. The summed E-state index contributed by atoms with van der Waals surface area (Å²) in [5, 5.41) is 22.2. The van der Waals surface area contributed by atoms with Gasteiger partial charge in [-0.1, -0.05) is 30.3 Å². The molecule has 1 unspecified atom stereocenters. The lowest BCUT2D eigenvalue weighted by Gasteiger charge is -2.27. The number of ether oxygens (including phenoxy) is 3. The highest BCUT2D eigenvalue weighted by atomic mass is 16.6. The van der Waals surface area contributed by atoms with Crippen molar-refractivity contribution in [3.05, 3.63) is 35.9 Å². The van der Waals surface area contributed by atoms with Crippen LogP contribution in [0.15, 0.2) is 30.3 Å². The Balaban J connectivity index is 2.07. The second kappa shape index (κ2) is 10.0. The number of nitrogens with zero attached hydrogens (tertiary/aromatic N) is 1.